The Labute approximate surface area is 115 Å². The second-order valence-corrected chi connectivity index (χ2v) is 5.02. The average Bonchev–Trinajstić information content (AvgIpc) is 2.42. The van der Waals surface area contributed by atoms with E-state index in [4.69, 9.17) is 5.11 Å². The van der Waals surface area contributed by atoms with Gasteiger partial charge in [0.2, 0.25) is 5.91 Å². The van der Waals surface area contributed by atoms with Crippen molar-refractivity contribution in [1.29, 1.82) is 0 Å². The summed E-state index contributed by atoms with van der Waals surface area (Å²) in [5.41, 5.74) is -0.253. The quantitative estimate of drug-likeness (QED) is 0.860. The lowest BCUT2D eigenvalue weighted by atomic mass is 9.94. The van der Waals surface area contributed by atoms with Crippen LogP contribution in [0.4, 0.5) is 8.78 Å². The standard InChI is InChI=1S/C14H17F2NO3/c15-11-2-1-3-12(16)10(11)6-14(20)17-5-4-9(8-18)13(19)7-17/h1-3,9,13,18-19H,4-8H2. The topological polar surface area (TPSA) is 60.8 Å². The van der Waals surface area contributed by atoms with Crippen LogP contribution in [0.15, 0.2) is 18.2 Å². The predicted molar refractivity (Wildman–Crippen MR) is 67.8 cm³/mol. The van der Waals surface area contributed by atoms with Crippen LogP contribution in [0.3, 0.4) is 0 Å². The van der Waals surface area contributed by atoms with Crippen LogP contribution < -0.4 is 0 Å². The Hall–Kier alpha value is -1.53. The minimum absolute atomic E-state index is 0.0835. The van der Waals surface area contributed by atoms with Gasteiger partial charge in [-0.15, -0.1) is 0 Å². The summed E-state index contributed by atoms with van der Waals surface area (Å²) in [4.78, 5) is 13.4. The highest BCUT2D eigenvalue weighted by atomic mass is 19.1. The second-order valence-electron chi connectivity index (χ2n) is 5.02. The van der Waals surface area contributed by atoms with Gasteiger partial charge in [0.25, 0.3) is 0 Å². The van der Waals surface area contributed by atoms with E-state index in [0.717, 1.165) is 12.1 Å². The van der Waals surface area contributed by atoms with Crippen molar-refractivity contribution in [3.63, 3.8) is 0 Å². The van der Waals surface area contributed by atoms with E-state index in [1.165, 1.54) is 11.0 Å². The highest BCUT2D eigenvalue weighted by Crippen LogP contribution is 2.19. The zero-order valence-corrected chi connectivity index (χ0v) is 10.9. The lowest BCUT2D eigenvalue weighted by Gasteiger charge is -2.35. The van der Waals surface area contributed by atoms with E-state index in [2.05, 4.69) is 0 Å². The fraction of sp³-hybridized carbons (Fsp3) is 0.500. The van der Waals surface area contributed by atoms with Crippen LogP contribution >= 0.6 is 0 Å². The zero-order chi connectivity index (χ0) is 14.7. The molecule has 110 valence electrons. The summed E-state index contributed by atoms with van der Waals surface area (Å²) >= 11 is 0. The van der Waals surface area contributed by atoms with Gasteiger partial charge in [0, 0.05) is 31.2 Å². The lowest BCUT2D eigenvalue weighted by molar-refractivity contribution is -0.135. The van der Waals surface area contributed by atoms with Crippen molar-refractivity contribution in [1.82, 2.24) is 4.90 Å². The number of hydrogen-bond acceptors (Lipinski definition) is 3. The van der Waals surface area contributed by atoms with Crippen LogP contribution in [0.1, 0.15) is 12.0 Å². The van der Waals surface area contributed by atoms with E-state index in [0.29, 0.717) is 13.0 Å². The average molecular weight is 285 g/mol. The molecule has 1 saturated heterocycles. The molecule has 1 heterocycles. The number of amides is 1. The summed E-state index contributed by atoms with van der Waals surface area (Å²) in [6, 6.07) is 3.46. The molecule has 0 bridgehead atoms. The number of piperidine rings is 1. The van der Waals surface area contributed by atoms with E-state index < -0.39 is 23.6 Å². The van der Waals surface area contributed by atoms with E-state index >= 15 is 0 Å². The first-order valence-corrected chi connectivity index (χ1v) is 6.52. The number of likely N-dealkylation sites (tertiary alicyclic amines) is 1. The minimum atomic E-state index is -0.803. The Morgan fingerprint density at radius 1 is 1.35 bits per heavy atom. The summed E-state index contributed by atoms with van der Waals surface area (Å²) in [7, 11) is 0. The van der Waals surface area contributed by atoms with Gasteiger partial charge in [-0.2, -0.15) is 0 Å². The van der Waals surface area contributed by atoms with Crippen molar-refractivity contribution >= 4 is 5.91 Å². The van der Waals surface area contributed by atoms with Crippen LogP contribution in [0, 0.1) is 17.6 Å². The highest BCUT2D eigenvalue weighted by Gasteiger charge is 2.30. The second kappa shape index (κ2) is 6.28. The molecule has 20 heavy (non-hydrogen) atoms. The molecule has 1 aliphatic heterocycles. The van der Waals surface area contributed by atoms with Crippen molar-refractivity contribution in [3.8, 4) is 0 Å². The first-order chi connectivity index (χ1) is 9.52. The number of rotatable bonds is 3. The molecule has 2 unspecified atom stereocenters. The molecule has 1 aromatic rings. The van der Waals surface area contributed by atoms with Crippen molar-refractivity contribution in [2.24, 2.45) is 5.92 Å². The normalized spacial score (nSPS) is 22.9. The molecular weight excluding hydrogens is 268 g/mol. The number of aliphatic hydroxyl groups is 2. The number of benzene rings is 1. The fourth-order valence-corrected chi connectivity index (χ4v) is 2.38. The summed E-state index contributed by atoms with van der Waals surface area (Å²) in [5.74, 6) is -2.16. The Morgan fingerprint density at radius 3 is 2.55 bits per heavy atom. The van der Waals surface area contributed by atoms with E-state index in [-0.39, 0.29) is 31.1 Å². The third-order valence-corrected chi connectivity index (χ3v) is 3.70. The molecule has 2 atom stereocenters. The Morgan fingerprint density at radius 2 is 2.00 bits per heavy atom. The SMILES string of the molecule is O=C(Cc1c(F)cccc1F)N1CCC(CO)C(O)C1. The molecule has 1 aromatic carbocycles. The molecule has 6 heteroatoms. The van der Waals surface area contributed by atoms with E-state index in [1.807, 2.05) is 0 Å². The molecule has 0 radical (unpaired) electrons. The smallest absolute Gasteiger partial charge is 0.227 e. The van der Waals surface area contributed by atoms with Crippen LogP contribution in [0.2, 0.25) is 0 Å². The van der Waals surface area contributed by atoms with Crippen LogP contribution in [0.5, 0.6) is 0 Å². The molecule has 1 aliphatic rings. The van der Waals surface area contributed by atoms with Crippen LogP contribution in [0.25, 0.3) is 0 Å². The highest BCUT2D eigenvalue weighted by molar-refractivity contribution is 5.79. The maximum Gasteiger partial charge on any atom is 0.227 e. The number of carbonyl (C=O) groups is 1. The van der Waals surface area contributed by atoms with Gasteiger partial charge in [-0.3, -0.25) is 4.79 Å². The molecule has 2 rings (SSSR count). The molecule has 0 aliphatic carbocycles. The molecule has 2 N–H and O–H groups in total. The minimum Gasteiger partial charge on any atom is -0.396 e. The van der Waals surface area contributed by atoms with Gasteiger partial charge in [-0.05, 0) is 18.6 Å². The molecular formula is C14H17F2NO3. The molecule has 0 saturated carbocycles. The molecule has 1 fully saturated rings. The van der Waals surface area contributed by atoms with Crippen molar-refractivity contribution in [2.45, 2.75) is 18.9 Å². The van der Waals surface area contributed by atoms with Crippen LogP contribution in [-0.2, 0) is 11.2 Å². The van der Waals surface area contributed by atoms with Gasteiger partial charge in [0.1, 0.15) is 11.6 Å². The first-order valence-electron chi connectivity index (χ1n) is 6.52. The Kier molecular flexibility index (Phi) is 4.67. The van der Waals surface area contributed by atoms with Gasteiger partial charge >= 0.3 is 0 Å². The van der Waals surface area contributed by atoms with Gasteiger partial charge in [0.15, 0.2) is 0 Å². The van der Waals surface area contributed by atoms with Gasteiger partial charge < -0.3 is 15.1 Å². The predicted octanol–water partition coefficient (Wildman–Crippen LogP) is 0.709. The Bertz CT molecular complexity index is 475. The molecule has 0 aromatic heterocycles. The van der Waals surface area contributed by atoms with Crippen molar-refractivity contribution < 1.29 is 23.8 Å². The third-order valence-electron chi connectivity index (χ3n) is 3.70. The number of β-amino-alcohol motifs (C(OH)–C–C–N with tert-alkyl or cyclic N) is 1. The Balaban J connectivity index is 2.03. The number of halogens is 2. The number of hydrogen-bond donors (Lipinski definition) is 2. The zero-order valence-electron chi connectivity index (χ0n) is 10.9. The number of nitrogens with zero attached hydrogens (tertiary/aromatic N) is 1. The lowest BCUT2D eigenvalue weighted by Crippen LogP contribution is -2.48. The largest absolute Gasteiger partial charge is 0.396 e. The van der Waals surface area contributed by atoms with Crippen molar-refractivity contribution in [2.75, 3.05) is 19.7 Å². The molecule has 4 nitrogen and oxygen atoms in total. The molecule has 1 amide bonds. The first kappa shape index (κ1) is 14.9. The summed E-state index contributed by atoms with van der Waals surface area (Å²) < 4.78 is 27.0. The summed E-state index contributed by atoms with van der Waals surface area (Å²) in [5, 5.41) is 18.8. The summed E-state index contributed by atoms with van der Waals surface area (Å²) in [6.07, 6.45) is -0.693. The van der Waals surface area contributed by atoms with E-state index in [1.54, 1.807) is 0 Å². The monoisotopic (exact) mass is 285 g/mol. The van der Waals surface area contributed by atoms with Gasteiger partial charge in [-0.1, -0.05) is 6.07 Å². The van der Waals surface area contributed by atoms with Gasteiger partial charge in [-0.25, -0.2) is 8.78 Å². The van der Waals surface area contributed by atoms with Gasteiger partial charge in [0.05, 0.1) is 12.5 Å². The maximum absolute atomic E-state index is 13.5. The summed E-state index contributed by atoms with van der Waals surface area (Å²) in [6.45, 7) is 0.322. The van der Waals surface area contributed by atoms with Crippen molar-refractivity contribution in [3.05, 3.63) is 35.4 Å². The van der Waals surface area contributed by atoms with Crippen LogP contribution in [-0.4, -0.2) is 46.8 Å². The fourth-order valence-electron chi connectivity index (χ4n) is 2.38. The number of carbonyl (C=O) groups excluding carboxylic acids is 1. The van der Waals surface area contributed by atoms with E-state index in [9.17, 15) is 18.7 Å². The molecule has 0 spiro atoms. The third kappa shape index (κ3) is 3.13. The number of aliphatic hydroxyl groups excluding tert-OH is 2. The maximum atomic E-state index is 13.5.